The topological polar surface area (TPSA) is 38.0 Å². The van der Waals surface area contributed by atoms with Crippen LogP contribution in [0.2, 0.25) is 0 Å². The second kappa shape index (κ2) is 3.32. The monoisotopic (exact) mass is 194 g/mol. The van der Waals surface area contributed by atoms with Gasteiger partial charge in [-0.2, -0.15) is 0 Å². The van der Waals surface area contributed by atoms with Crippen molar-refractivity contribution in [1.82, 2.24) is 9.55 Å². The van der Waals surface area contributed by atoms with E-state index in [1.54, 1.807) is 6.20 Å². The third kappa shape index (κ3) is 1.50. The van der Waals surface area contributed by atoms with E-state index in [4.69, 9.17) is 0 Å². The number of aromatic nitrogens is 2. The van der Waals surface area contributed by atoms with E-state index < -0.39 is 6.10 Å². The number of hydrogen-bond donors (Lipinski definition) is 1. The van der Waals surface area contributed by atoms with E-state index in [0.29, 0.717) is 5.82 Å². The number of aliphatic hydroxyl groups is 1. The molecule has 0 spiro atoms. The maximum atomic E-state index is 9.88. The van der Waals surface area contributed by atoms with Crippen LogP contribution in [-0.2, 0) is 7.05 Å². The van der Waals surface area contributed by atoms with Crippen molar-refractivity contribution in [3.05, 3.63) is 40.6 Å². The van der Waals surface area contributed by atoms with E-state index in [0.717, 1.165) is 4.88 Å². The molecule has 0 amide bonds. The Kier molecular flexibility index (Phi) is 2.16. The first-order valence-electron chi connectivity index (χ1n) is 3.97. The van der Waals surface area contributed by atoms with Crippen LogP contribution in [0.25, 0.3) is 0 Å². The first-order valence-corrected chi connectivity index (χ1v) is 4.85. The molecule has 68 valence electrons. The Morgan fingerprint density at radius 2 is 2.46 bits per heavy atom. The van der Waals surface area contributed by atoms with Gasteiger partial charge in [-0.25, -0.2) is 4.98 Å². The zero-order chi connectivity index (χ0) is 9.26. The molecule has 0 saturated heterocycles. The fourth-order valence-corrected chi connectivity index (χ4v) is 1.92. The minimum Gasteiger partial charge on any atom is -0.380 e. The van der Waals surface area contributed by atoms with E-state index in [1.165, 1.54) is 11.3 Å². The van der Waals surface area contributed by atoms with E-state index >= 15 is 0 Å². The number of aryl methyl sites for hydroxylation is 1. The minimum absolute atomic E-state index is 0.597. The van der Waals surface area contributed by atoms with Crippen LogP contribution >= 0.6 is 11.3 Å². The van der Waals surface area contributed by atoms with Crippen LogP contribution in [0.4, 0.5) is 0 Å². The second-order valence-corrected chi connectivity index (χ2v) is 3.79. The molecule has 0 bridgehead atoms. The zero-order valence-electron chi connectivity index (χ0n) is 7.21. The summed E-state index contributed by atoms with van der Waals surface area (Å²) in [5, 5.41) is 11.8. The molecule has 0 aliphatic rings. The summed E-state index contributed by atoms with van der Waals surface area (Å²) >= 11 is 1.53. The number of rotatable bonds is 2. The number of aliphatic hydroxyl groups excluding tert-OH is 1. The van der Waals surface area contributed by atoms with Gasteiger partial charge in [-0.3, -0.25) is 0 Å². The fourth-order valence-electron chi connectivity index (χ4n) is 1.21. The van der Waals surface area contributed by atoms with Crippen molar-refractivity contribution in [2.45, 2.75) is 6.10 Å². The lowest BCUT2D eigenvalue weighted by atomic mass is 10.3. The molecule has 0 fully saturated rings. The Balaban J connectivity index is 2.33. The van der Waals surface area contributed by atoms with Crippen molar-refractivity contribution in [1.29, 1.82) is 0 Å². The van der Waals surface area contributed by atoms with Gasteiger partial charge in [-0.05, 0) is 11.4 Å². The van der Waals surface area contributed by atoms with Crippen LogP contribution < -0.4 is 0 Å². The Morgan fingerprint density at radius 3 is 3.00 bits per heavy atom. The summed E-state index contributed by atoms with van der Waals surface area (Å²) in [6.45, 7) is 0. The standard InChI is InChI=1S/C9H10N2OS/c1-11-5-4-10-9(11)8(12)7-3-2-6-13-7/h2-6,8,12H,1H3. The van der Waals surface area contributed by atoms with Gasteiger partial charge in [0, 0.05) is 24.3 Å². The Hall–Kier alpha value is -1.13. The van der Waals surface area contributed by atoms with Crippen LogP contribution in [0.5, 0.6) is 0 Å². The van der Waals surface area contributed by atoms with Crippen LogP contribution in [-0.4, -0.2) is 14.7 Å². The summed E-state index contributed by atoms with van der Waals surface area (Å²) < 4.78 is 1.82. The Morgan fingerprint density at radius 1 is 1.62 bits per heavy atom. The molecule has 0 aromatic carbocycles. The highest BCUT2D eigenvalue weighted by Crippen LogP contribution is 2.23. The van der Waals surface area contributed by atoms with E-state index in [-0.39, 0.29) is 0 Å². The lowest BCUT2D eigenvalue weighted by Gasteiger charge is -2.07. The van der Waals surface area contributed by atoms with Gasteiger partial charge in [0.25, 0.3) is 0 Å². The molecule has 13 heavy (non-hydrogen) atoms. The molecular formula is C9H10N2OS. The Labute approximate surface area is 80.3 Å². The fraction of sp³-hybridized carbons (Fsp3) is 0.222. The van der Waals surface area contributed by atoms with Gasteiger partial charge < -0.3 is 9.67 Å². The molecule has 0 saturated carbocycles. The first-order chi connectivity index (χ1) is 6.29. The molecule has 1 unspecified atom stereocenters. The number of hydrogen-bond acceptors (Lipinski definition) is 3. The average molecular weight is 194 g/mol. The SMILES string of the molecule is Cn1ccnc1C(O)c1cccs1. The molecule has 0 aliphatic carbocycles. The molecule has 0 radical (unpaired) electrons. The van der Waals surface area contributed by atoms with Crippen molar-refractivity contribution in [3.63, 3.8) is 0 Å². The number of thiophene rings is 1. The lowest BCUT2D eigenvalue weighted by molar-refractivity contribution is 0.210. The predicted molar refractivity (Wildman–Crippen MR) is 51.6 cm³/mol. The summed E-state index contributed by atoms with van der Waals surface area (Å²) in [6.07, 6.45) is 2.91. The van der Waals surface area contributed by atoms with Crippen LogP contribution in [0.15, 0.2) is 29.9 Å². The predicted octanol–water partition coefficient (Wildman–Crippen LogP) is 1.56. The third-order valence-electron chi connectivity index (χ3n) is 1.92. The van der Waals surface area contributed by atoms with Crippen LogP contribution in [0, 0.1) is 0 Å². The van der Waals surface area contributed by atoms with Gasteiger partial charge in [0.05, 0.1) is 0 Å². The summed E-state index contributed by atoms with van der Waals surface area (Å²) in [5.74, 6) is 0.683. The molecule has 2 rings (SSSR count). The van der Waals surface area contributed by atoms with Gasteiger partial charge in [0.15, 0.2) is 0 Å². The van der Waals surface area contributed by atoms with Crippen molar-refractivity contribution in [3.8, 4) is 0 Å². The van der Waals surface area contributed by atoms with Crippen molar-refractivity contribution < 1.29 is 5.11 Å². The summed E-state index contributed by atoms with van der Waals surface area (Å²) in [4.78, 5) is 5.02. The maximum absolute atomic E-state index is 9.88. The first kappa shape index (κ1) is 8.47. The molecular weight excluding hydrogens is 184 g/mol. The quantitative estimate of drug-likeness (QED) is 0.788. The van der Waals surface area contributed by atoms with Crippen molar-refractivity contribution in [2.24, 2.45) is 7.05 Å². The second-order valence-electron chi connectivity index (χ2n) is 2.81. The maximum Gasteiger partial charge on any atom is 0.146 e. The molecule has 2 aromatic heterocycles. The van der Waals surface area contributed by atoms with E-state index in [2.05, 4.69) is 4.98 Å². The van der Waals surface area contributed by atoms with Crippen molar-refractivity contribution in [2.75, 3.05) is 0 Å². The molecule has 2 heterocycles. The van der Waals surface area contributed by atoms with Gasteiger partial charge >= 0.3 is 0 Å². The molecule has 1 N–H and O–H groups in total. The number of nitrogens with zero attached hydrogens (tertiary/aromatic N) is 2. The highest BCUT2D eigenvalue weighted by molar-refractivity contribution is 7.10. The molecule has 3 nitrogen and oxygen atoms in total. The normalized spacial score (nSPS) is 13.1. The minimum atomic E-state index is -0.597. The highest BCUT2D eigenvalue weighted by Gasteiger charge is 2.14. The third-order valence-corrected chi connectivity index (χ3v) is 2.84. The lowest BCUT2D eigenvalue weighted by Crippen LogP contribution is -2.05. The highest BCUT2D eigenvalue weighted by atomic mass is 32.1. The molecule has 4 heteroatoms. The summed E-state index contributed by atoms with van der Waals surface area (Å²) in [6, 6.07) is 3.83. The largest absolute Gasteiger partial charge is 0.380 e. The molecule has 2 aromatic rings. The number of imidazole rings is 1. The molecule has 0 aliphatic heterocycles. The Bertz CT molecular complexity index is 380. The van der Waals surface area contributed by atoms with Gasteiger partial charge in [0.1, 0.15) is 11.9 Å². The van der Waals surface area contributed by atoms with Gasteiger partial charge in [-0.15, -0.1) is 11.3 Å². The van der Waals surface area contributed by atoms with E-state index in [1.807, 2.05) is 35.3 Å². The summed E-state index contributed by atoms with van der Waals surface area (Å²) in [7, 11) is 1.87. The van der Waals surface area contributed by atoms with Crippen molar-refractivity contribution >= 4 is 11.3 Å². The average Bonchev–Trinajstić information content (AvgIpc) is 2.72. The molecule has 1 atom stereocenters. The van der Waals surface area contributed by atoms with Gasteiger partial charge in [-0.1, -0.05) is 6.07 Å². The smallest absolute Gasteiger partial charge is 0.146 e. The van der Waals surface area contributed by atoms with E-state index in [9.17, 15) is 5.11 Å². The van der Waals surface area contributed by atoms with Crippen LogP contribution in [0.3, 0.4) is 0 Å². The zero-order valence-corrected chi connectivity index (χ0v) is 8.03. The van der Waals surface area contributed by atoms with Gasteiger partial charge in [0.2, 0.25) is 0 Å². The van der Waals surface area contributed by atoms with Crippen LogP contribution in [0.1, 0.15) is 16.8 Å². The summed E-state index contributed by atoms with van der Waals surface area (Å²) in [5.41, 5.74) is 0.